The monoisotopic (exact) mass is 244 g/mol. The van der Waals surface area contributed by atoms with Crippen molar-refractivity contribution < 1.29 is 19.8 Å². The molecule has 1 aliphatic carbocycles. The van der Waals surface area contributed by atoms with E-state index in [2.05, 4.69) is 5.32 Å². The topological polar surface area (TPSA) is 89.9 Å². The number of aliphatic hydroxyl groups is 1. The molecule has 6 nitrogen and oxygen atoms in total. The van der Waals surface area contributed by atoms with E-state index in [1.54, 1.807) is 4.90 Å². The van der Waals surface area contributed by atoms with Gasteiger partial charge in [0.2, 0.25) is 0 Å². The van der Waals surface area contributed by atoms with Gasteiger partial charge in [0.15, 0.2) is 0 Å². The molecule has 0 heterocycles. The van der Waals surface area contributed by atoms with Gasteiger partial charge in [0.25, 0.3) is 0 Å². The molecule has 1 fully saturated rings. The third-order valence-electron chi connectivity index (χ3n) is 2.83. The van der Waals surface area contributed by atoms with E-state index >= 15 is 0 Å². The van der Waals surface area contributed by atoms with E-state index < -0.39 is 5.97 Å². The Bertz CT molecular complexity index is 279. The summed E-state index contributed by atoms with van der Waals surface area (Å²) in [7, 11) is 0. The van der Waals surface area contributed by atoms with E-state index in [4.69, 9.17) is 10.2 Å². The SMILES string of the molecule is CCC(CC(=O)O)NC(=O)N(CCO)C1CC1. The molecular weight excluding hydrogens is 224 g/mol. The van der Waals surface area contributed by atoms with Crippen molar-refractivity contribution in [2.24, 2.45) is 0 Å². The highest BCUT2D eigenvalue weighted by Crippen LogP contribution is 2.26. The number of carbonyl (C=O) groups is 2. The van der Waals surface area contributed by atoms with Gasteiger partial charge in [0, 0.05) is 18.6 Å². The quantitative estimate of drug-likeness (QED) is 0.605. The van der Waals surface area contributed by atoms with Gasteiger partial charge in [-0.05, 0) is 19.3 Å². The van der Waals surface area contributed by atoms with Crippen LogP contribution in [0.25, 0.3) is 0 Å². The van der Waals surface area contributed by atoms with Crippen molar-refractivity contribution >= 4 is 12.0 Å². The maximum absolute atomic E-state index is 11.9. The number of urea groups is 1. The fourth-order valence-corrected chi connectivity index (χ4v) is 1.71. The van der Waals surface area contributed by atoms with Crippen LogP contribution in [0.4, 0.5) is 4.79 Å². The number of hydrogen-bond donors (Lipinski definition) is 3. The van der Waals surface area contributed by atoms with E-state index in [1.165, 1.54) is 0 Å². The minimum atomic E-state index is -0.919. The zero-order valence-corrected chi connectivity index (χ0v) is 10.1. The Morgan fingerprint density at radius 2 is 2.12 bits per heavy atom. The van der Waals surface area contributed by atoms with Crippen LogP contribution in [-0.4, -0.2) is 52.3 Å². The van der Waals surface area contributed by atoms with Gasteiger partial charge in [-0.1, -0.05) is 6.92 Å². The first-order valence-electron chi connectivity index (χ1n) is 5.98. The van der Waals surface area contributed by atoms with Crippen molar-refractivity contribution in [2.75, 3.05) is 13.2 Å². The van der Waals surface area contributed by atoms with Crippen molar-refractivity contribution in [3.63, 3.8) is 0 Å². The van der Waals surface area contributed by atoms with Crippen LogP contribution in [-0.2, 0) is 4.79 Å². The van der Waals surface area contributed by atoms with E-state index in [0.717, 1.165) is 12.8 Å². The maximum Gasteiger partial charge on any atom is 0.317 e. The number of amides is 2. The molecule has 0 aromatic rings. The number of aliphatic hydroxyl groups excluding tert-OH is 1. The van der Waals surface area contributed by atoms with Gasteiger partial charge < -0.3 is 20.4 Å². The number of carboxylic acids is 1. The highest BCUT2D eigenvalue weighted by molar-refractivity contribution is 5.76. The molecule has 1 saturated carbocycles. The lowest BCUT2D eigenvalue weighted by atomic mass is 10.1. The van der Waals surface area contributed by atoms with Crippen LogP contribution in [0.2, 0.25) is 0 Å². The van der Waals surface area contributed by atoms with Crippen LogP contribution in [0.3, 0.4) is 0 Å². The van der Waals surface area contributed by atoms with Crippen LogP contribution in [0, 0.1) is 0 Å². The largest absolute Gasteiger partial charge is 0.481 e. The van der Waals surface area contributed by atoms with Crippen molar-refractivity contribution in [3.05, 3.63) is 0 Å². The Morgan fingerprint density at radius 3 is 2.53 bits per heavy atom. The normalized spacial score (nSPS) is 16.4. The van der Waals surface area contributed by atoms with Gasteiger partial charge in [-0.2, -0.15) is 0 Å². The highest BCUT2D eigenvalue weighted by Gasteiger charge is 2.32. The maximum atomic E-state index is 11.9. The van der Waals surface area contributed by atoms with Crippen molar-refractivity contribution in [3.8, 4) is 0 Å². The average Bonchev–Trinajstić information content (AvgIpc) is 3.07. The minimum absolute atomic E-state index is 0.0696. The molecule has 0 aliphatic heterocycles. The first kappa shape index (κ1) is 13.8. The van der Waals surface area contributed by atoms with Crippen molar-refractivity contribution in [1.82, 2.24) is 10.2 Å². The molecule has 1 atom stereocenters. The molecule has 0 radical (unpaired) electrons. The summed E-state index contributed by atoms with van der Waals surface area (Å²) in [5, 5.41) is 20.3. The number of nitrogens with zero attached hydrogens (tertiary/aromatic N) is 1. The van der Waals surface area contributed by atoms with Crippen LogP contribution in [0.1, 0.15) is 32.6 Å². The van der Waals surface area contributed by atoms with Gasteiger partial charge in [0.05, 0.1) is 13.0 Å². The van der Waals surface area contributed by atoms with Crippen molar-refractivity contribution in [2.45, 2.75) is 44.7 Å². The summed E-state index contributed by atoms with van der Waals surface area (Å²) in [6.45, 7) is 2.07. The molecule has 3 N–H and O–H groups in total. The second-order valence-electron chi connectivity index (χ2n) is 4.30. The Kier molecular flexibility index (Phi) is 5.21. The number of aliphatic carboxylic acids is 1. The summed E-state index contributed by atoms with van der Waals surface area (Å²) in [6, 6.07) is -0.404. The number of carboxylic acid groups (broad SMARTS) is 1. The predicted molar refractivity (Wildman–Crippen MR) is 61.7 cm³/mol. The first-order chi connectivity index (χ1) is 8.08. The predicted octanol–water partition coefficient (Wildman–Crippen LogP) is 0.406. The van der Waals surface area contributed by atoms with Crippen LogP contribution in [0.5, 0.6) is 0 Å². The van der Waals surface area contributed by atoms with Crippen LogP contribution >= 0.6 is 0 Å². The zero-order valence-electron chi connectivity index (χ0n) is 10.1. The summed E-state index contributed by atoms with van der Waals surface area (Å²) < 4.78 is 0. The molecule has 17 heavy (non-hydrogen) atoms. The van der Waals surface area contributed by atoms with E-state index in [1.807, 2.05) is 6.92 Å². The standard InChI is InChI=1S/C11H20N2O4/c1-2-8(7-10(15)16)12-11(17)13(5-6-14)9-3-4-9/h8-9,14H,2-7H2,1H3,(H,12,17)(H,15,16). The van der Waals surface area contributed by atoms with Crippen molar-refractivity contribution in [1.29, 1.82) is 0 Å². The minimum Gasteiger partial charge on any atom is -0.481 e. The van der Waals surface area contributed by atoms with E-state index in [0.29, 0.717) is 13.0 Å². The molecule has 0 aromatic heterocycles. The molecule has 0 saturated heterocycles. The van der Waals surface area contributed by atoms with Crippen LogP contribution < -0.4 is 5.32 Å². The Morgan fingerprint density at radius 1 is 1.47 bits per heavy atom. The molecular formula is C11H20N2O4. The van der Waals surface area contributed by atoms with Gasteiger partial charge in [-0.15, -0.1) is 0 Å². The van der Waals surface area contributed by atoms with Gasteiger partial charge in [-0.3, -0.25) is 4.79 Å². The second kappa shape index (κ2) is 6.44. The third kappa shape index (κ3) is 4.60. The average molecular weight is 244 g/mol. The van der Waals surface area contributed by atoms with Gasteiger partial charge in [-0.25, -0.2) is 4.79 Å². The summed E-state index contributed by atoms with van der Waals surface area (Å²) >= 11 is 0. The summed E-state index contributed by atoms with van der Waals surface area (Å²) in [6.07, 6.45) is 2.43. The third-order valence-corrected chi connectivity index (χ3v) is 2.83. The smallest absolute Gasteiger partial charge is 0.317 e. The first-order valence-corrected chi connectivity index (χ1v) is 5.98. The summed E-state index contributed by atoms with van der Waals surface area (Å²) in [5.41, 5.74) is 0. The molecule has 2 amide bonds. The molecule has 1 unspecified atom stereocenters. The Hall–Kier alpha value is -1.30. The fourth-order valence-electron chi connectivity index (χ4n) is 1.71. The molecule has 1 rings (SSSR count). The molecule has 6 heteroatoms. The summed E-state index contributed by atoms with van der Waals surface area (Å²) in [5.74, 6) is -0.919. The Balaban J connectivity index is 2.46. The molecule has 0 bridgehead atoms. The lowest BCUT2D eigenvalue weighted by Gasteiger charge is -2.24. The molecule has 1 aliphatic rings. The number of rotatable bonds is 7. The van der Waals surface area contributed by atoms with Gasteiger partial charge >= 0.3 is 12.0 Å². The van der Waals surface area contributed by atoms with Gasteiger partial charge in [0.1, 0.15) is 0 Å². The number of hydrogen-bond acceptors (Lipinski definition) is 3. The zero-order chi connectivity index (χ0) is 12.8. The molecule has 98 valence electrons. The lowest BCUT2D eigenvalue weighted by Crippen LogP contribution is -2.47. The fraction of sp³-hybridized carbons (Fsp3) is 0.818. The van der Waals surface area contributed by atoms with E-state index in [9.17, 15) is 9.59 Å². The highest BCUT2D eigenvalue weighted by atomic mass is 16.4. The Labute approximate surface area is 101 Å². The summed E-state index contributed by atoms with van der Waals surface area (Å²) in [4.78, 5) is 24.1. The van der Waals surface area contributed by atoms with Crippen LogP contribution in [0.15, 0.2) is 0 Å². The van der Waals surface area contributed by atoms with E-state index in [-0.39, 0.29) is 31.1 Å². The second-order valence-corrected chi connectivity index (χ2v) is 4.30. The number of carbonyl (C=O) groups excluding carboxylic acids is 1. The molecule has 0 spiro atoms. The molecule has 0 aromatic carbocycles. The lowest BCUT2D eigenvalue weighted by molar-refractivity contribution is -0.137. The number of nitrogens with one attached hydrogen (secondary N) is 1.